The van der Waals surface area contributed by atoms with Gasteiger partial charge in [-0.1, -0.05) is 35.3 Å². The summed E-state index contributed by atoms with van der Waals surface area (Å²) >= 11 is 12.7. The fourth-order valence-electron chi connectivity index (χ4n) is 2.62. The molecule has 2 aromatic rings. The predicted octanol–water partition coefficient (Wildman–Crippen LogP) is 4.57. The molecular weight excluding hydrogens is 361 g/mol. The average molecular weight is 382 g/mol. The van der Waals surface area contributed by atoms with Crippen molar-refractivity contribution in [2.75, 3.05) is 20.2 Å². The number of methoxy groups -OCH3 is 1. The first-order chi connectivity index (χ1) is 11.9. The Morgan fingerprint density at radius 3 is 2.08 bits per heavy atom. The summed E-state index contributed by atoms with van der Waals surface area (Å²) in [4.78, 5) is 14.1. The van der Waals surface area contributed by atoms with E-state index in [9.17, 15) is 9.90 Å². The molecule has 1 unspecified atom stereocenters. The van der Waals surface area contributed by atoms with Gasteiger partial charge in [0.2, 0.25) is 0 Å². The molecule has 0 saturated heterocycles. The van der Waals surface area contributed by atoms with Gasteiger partial charge in [0, 0.05) is 34.3 Å². The summed E-state index contributed by atoms with van der Waals surface area (Å²) in [5.74, 6) is 0.549. The number of ether oxygens (including phenoxy) is 1. The van der Waals surface area contributed by atoms with Crippen molar-refractivity contribution in [2.45, 2.75) is 20.0 Å². The molecular formula is C19H21Cl2NO3. The first kappa shape index (κ1) is 19.6. The van der Waals surface area contributed by atoms with E-state index in [1.54, 1.807) is 48.4 Å². The first-order valence-electron chi connectivity index (χ1n) is 8.03. The Morgan fingerprint density at radius 2 is 1.64 bits per heavy atom. The Morgan fingerprint density at radius 1 is 1.12 bits per heavy atom. The third-order valence-corrected chi connectivity index (χ3v) is 4.71. The van der Waals surface area contributed by atoms with E-state index in [0.29, 0.717) is 35.5 Å². The van der Waals surface area contributed by atoms with Gasteiger partial charge in [-0.25, -0.2) is 0 Å². The lowest BCUT2D eigenvalue weighted by molar-refractivity contribution is 0.0773. The van der Waals surface area contributed by atoms with Crippen LogP contribution in [-0.2, 0) is 0 Å². The van der Waals surface area contributed by atoms with Gasteiger partial charge in [-0.2, -0.15) is 0 Å². The van der Waals surface area contributed by atoms with Gasteiger partial charge in [-0.05, 0) is 43.7 Å². The molecule has 1 N–H and O–H groups in total. The Balaban J connectivity index is 2.37. The van der Waals surface area contributed by atoms with E-state index in [1.165, 1.54) is 0 Å². The monoisotopic (exact) mass is 381 g/mol. The first-order valence-corrected chi connectivity index (χ1v) is 8.78. The highest BCUT2D eigenvalue weighted by molar-refractivity contribution is 6.36. The summed E-state index contributed by atoms with van der Waals surface area (Å²) in [6, 6.07) is 10.1. The van der Waals surface area contributed by atoms with Crippen LogP contribution in [0.15, 0.2) is 36.4 Å². The van der Waals surface area contributed by atoms with Gasteiger partial charge in [0.05, 0.1) is 7.11 Å². The Kier molecular flexibility index (Phi) is 6.71. The smallest absolute Gasteiger partial charge is 0.253 e. The molecule has 4 nitrogen and oxygen atoms in total. The molecule has 0 radical (unpaired) electrons. The van der Waals surface area contributed by atoms with Gasteiger partial charge in [-0.15, -0.1) is 0 Å². The van der Waals surface area contributed by atoms with Crippen molar-refractivity contribution in [3.8, 4) is 5.75 Å². The third-order valence-electron chi connectivity index (χ3n) is 4.08. The van der Waals surface area contributed by atoms with Crippen molar-refractivity contribution in [2.24, 2.45) is 0 Å². The third kappa shape index (κ3) is 4.27. The number of benzene rings is 2. The zero-order chi connectivity index (χ0) is 18.6. The molecule has 1 atom stereocenters. The molecule has 0 aliphatic rings. The molecule has 0 bridgehead atoms. The van der Waals surface area contributed by atoms with Crippen LogP contribution < -0.4 is 4.74 Å². The SMILES string of the molecule is CCN(CC)C(=O)c1cc(Cl)c(C(O)c2ccc(OC)cc2)c(Cl)c1. The van der Waals surface area contributed by atoms with Crippen LogP contribution >= 0.6 is 23.2 Å². The number of carbonyl (C=O) groups excluding carboxylic acids is 1. The Labute approximate surface area is 157 Å². The Hall–Kier alpha value is -1.75. The van der Waals surface area contributed by atoms with Gasteiger partial charge >= 0.3 is 0 Å². The van der Waals surface area contributed by atoms with Gasteiger partial charge in [0.25, 0.3) is 5.91 Å². The Bertz CT molecular complexity index is 720. The molecule has 0 aromatic heterocycles. The number of rotatable bonds is 6. The van der Waals surface area contributed by atoms with E-state index in [-0.39, 0.29) is 16.0 Å². The minimum absolute atomic E-state index is 0.140. The maximum atomic E-state index is 12.5. The molecule has 6 heteroatoms. The number of carbonyl (C=O) groups is 1. The normalized spacial score (nSPS) is 11.9. The van der Waals surface area contributed by atoms with Crippen LogP contribution in [-0.4, -0.2) is 36.1 Å². The molecule has 0 aliphatic carbocycles. The average Bonchev–Trinajstić information content (AvgIpc) is 2.61. The highest BCUT2D eigenvalue weighted by Crippen LogP contribution is 2.36. The number of aliphatic hydroxyl groups is 1. The quantitative estimate of drug-likeness (QED) is 0.797. The van der Waals surface area contributed by atoms with Crippen molar-refractivity contribution in [1.82, 2.24) is 4.90 Å². The maximum absolute atomic E-state index is 12.5. The van der Waals surface area contributed by atoms with Crippen LogP contribution in [0.2, 0.25) is 10.0 Å². The molecule has 1 amide bonds. The van der Waals surface area contributed by atoms with Crippen LogP contribution in [0.5, 0.6) is 5.75 Å². The minimum atomic E-state index is -0.997. The summed E-state index contributed by atoms with van der Waals surface area (Å²) in [7, 11) is 1.57. The second kappa shape index (κ2) is 8.56. The lowest BCUT2D eigenvalue weighted by atomic mass is 9.99. The lowest BCUT2D eigenvalue weighted by Gasteiger charge is -2.21. The number of hydrogen-bond donors (Lipinski definition) is 1. The van der Waals surface area contributed by atoms with E-state index in [2.05, 4.69) is 0 Å². The predicted molar refractivity (Wildman–Crippen MR) is 101 cm³/mol. The molecule has 134 valence electrons. The van der Waals surface area contributed by atoms with Gasteiger partial charge in [0.15, 0.2) is 0 Å². The van der Waals surface area contributed by atoms with Crippen LogP contribution in [0.25, 0.3) is 0 Å². The highest BCUT2D eigenvalue weighted by atomic mass is 35.5. The second-order valence-electron chi connectivity index (χ2n) is 5.51. The van der Waals surface area contributed by atoms with Crippen molar-refractivity contribution < 1.29 is 14.6 Å². The molecule has 2 rings (SSSR count). The molecule has 0 heterocycles. The zero-order valence-corrected chi connectivity index (χ0v) is 15.9. The molecule has 2 aromatic carbocycles. The standard InChI is InChI=1S/C19H21Cl2NO3/c1-4-22(5-2)19(24)13-10-15(20)17(16(21)11-13)18(23)12-6-8-14(25-3)9-7-12/h6-11,18,23H,4-5H2,1-3H3. The summed E-state index contributed by atoms with van der Waals surface area (Å²) in [6.07, 6.45) is -0.997. The topological polar surface area (TPSA) is 49.8 Å². The van der Waals surface area contributed by atoms with Crippen LogP contribution in [0, 0.1) is 0 Å². The maximum Gasteiger partial charge on any atom is 0.253 e. The fraction of sp³-hybridized carbons (Fsp3) is 0.316. The van der Waals surface area contributed by atoms with Crippen LogP contribution in [0.1, 0.15) is 41.4 Å². The van der Waals surface area contributed by atoms with E-state index in [0.717, 1.165) is 0 Å². The second-order valence-corrected chi connectivity index (χ2v) is 6.32. The van der Waals surface area contributed by atoms with E-state index < -0.39 is 6.10 Å². The van der Waals surface area contributed by atoms with E-state index in [4.69, 9.17) is 27.9 Å². The fourth-order valence-corrected chi connectivity index (χ4v) is 3.31. The number of aliphatic hydroxyl groups excluding tert-OH is 1. The summed E-state index contributed by atoms with van der Waals surface area (Å²) in [6.45, 7) is 5.01. The van der Waals surface area contributed by atoms with E-state index >= 15 is 0 Å². The lowest BCUT2D eigenvalue weighted by Crippen LogP contribution is -2.30. The summed E-state index contributed by atoms with van der Waals surface area (Å²) in [5.41, 5.74) is 1.42. The number of halogens is 2. The summed E-state index contributed by atoms with van der Waals surface area (Å²) in [5, 5.41) is 11.2. The molecule has 0 spiro atoms. The van der Waals surface area contributed by atoms with Gasteiger partial charge in [-0.3, -0.25) is 4.79 Å². The van der Waals surface area contributed by atoms with Crippen molar-refractivity contribution in [3.63, 3.8) is 0 Å². The van der Waals surface area contributed by atoms with Crippen molar-refractivity contribution >= 4 is 29.1 Å². The van der Waals surface area contributed by atoms with Crippen molar-refractivity contribution in [3.05, 3.63) is 63.1 Å². The van der Waals surface area contributed by atoms with E-state index in [1.807, 2.05) is 13.8 Å². The van der Waals surface area contributed by atoms with Crippen LogP contribution in [0.3, 0.4) is 0 Å². The number of nitrogens with zero attached hydrogens (tertiary/aromatic N) is 1. The minimum Gasteiger partial charge on any atom is -0.497 e. The number of hydrogen-bond acceptors (Lipinski definition) is 3. The van der Waals surface area contributed by atoms with Crippen molar-refractivity contribution in [1.29, 1.82) is 0 Å². The van der Waals surface area contributed by atoms with Gasteiger partial charge in [0.1, 0.15) is 11.9 Å². The highest BCUT2D eigenvalue weighted by Gasteiger charge is 2.21. The van der Waals surface area contributed by atoms with Gasteiger partial charge < -0.3 is 14.7 Å². The molecule has 0 saturated carbocycles. The zero-order valence-electron chi connectivity index (χ0n) is 14.4. The summed E-state index contributed by atoms with van der Waals surface area (Å²) < 4.78 is 5.11. The van der Waals surface area contributed by atoms with Crippen LogP contribution in [0.4, 0.5) is 0 Å². The largest absolute Gasteiger partial charge is 0.497 e. The molecule has 0 aliphatic heterocycles. The molecule has 0 fully saturated rings. The molecule has 25 heavy (non-hydrogen) atoms. The number of amides is 1.